The Morgan fingerprint density at radius 2 is 2.12 bits per heavy atom. The Bertz CT molecular complexity index is 489. The number of carboxylic acid groups (broad SMARTS) is 1. The molecule has 0 amide bonds. The van der Waals surface area contributed by atoms with Crippen LogP contribution in [0.1, 0.15) is 29.8 Å². The van der Waals surface area contributed by atoms with Crippen LogP contribution in [-0.2, 0) is 0 Å². The van der Waals surface area contributed by atoms with E-state index < -0.39 is 11.6 Å². The molecule has 4 heteroatoms. The van der Waals surface area contributed by atoms with Crippen molar-refractivity contribution in [3.05, 3.63) is 32.9 Å². The summed E-state index contributed by atoms with van der Waals surface area (Å²) in [7, 11) is 0. The number of fused-ring (bicyclic) bond motifs is 1. The van der Waals surface area contributed by atoms with Crippen molar-refractivity contribution >= 4 is 34.6 Å². The maximum Gasteiger partial charge on any atom is 0.339 e. The lowest BCUT2D eigenvalue weighted by Crippen LogP contribution is -2.28. The Kier molecular flexibility index (Phi) is 2.69. The molecule has 1 aliphatic heterocycles. The van der Waals surface area contributed by atoms with Gasteiger partial charge < -0.3 is 9.84 Å². The molecule has 1 N–H and O–H groups in total. The number of rotatable bonds is 1. The summed E-state index contributed by atoms with van der Waals surface area (Å²) in [6.07, 6.45) is 3.84. The van der Waals surface area contributed by atoms with E-state index in [1.807, 2.05) is 32.1 Å². The summed E-state index contributed by atoms with van der Waals surface area (Å²) in [5, 5.41) is 9.13. The van der Waals surface area contributed by atoms with Gasteiger partial charge in [-0.3, -0.25) is 0 Å². The van der Waals surface area contributed by atoms with Gasteiger partial charge in [0.15, 0.2) is 0 Å². The third-order valence-electron chi connectivity index (χ3n) is 2.34. The van der Waals surface area contributed by atoms with Gasteiger partial charge in [0.2, 0.25) is 0 Å². The molecular weight excluding hydrogens is 319 g/mol. The smallest absolute Gasteiger partial charge is 0.339 e. The Morgan fingerprint density at radius 1 is 1.44 bits per heavy atom. The zero-order valence-corrected chi connectivity index (χ0v) is 11.1. The van der Waals surface area contributed by atoms with E-state index in [0.29, 0.717) is 5.75 Å². The topological polar surface area (TPSA) is 46.5 Å². The van der Waals surface area contributed by atoms with Crippen LogP contribution in [0.5, 0.6) is 5.75 Å². The quantitative estimate of drug-likeness (QED) is 0.805. The molecule has 1 heterocycles. The van der Waals surface area contributed by atoms with Crippen molar-refractivity contribution in [2.75, 3.05) is 0 Å². The van der Waals surface area contributed by atoms with Crippen LogP contribution in [-0.4, -0.2) is 16.7 Å². The summed E-state index contributed by atoms with van der Waals surface area (Å²) in [6, 6.07) is 3.53. The van der Waals surface area contributed by atoms with E-state index in [9.17, 15) is 4.79 Å². The van der Waals surface area contributed by atoms with Crippen molar-refractivity contribution in [1.82, 2.24) is 0 Å². The first kappa shape index (κ1) is 11.4. The van der Waals surface area contributed by atoms with Crippen LogP contribution in [0.3, 0.4) is 0 Å². The summed E-state index contributed by atoms with van der Waals surface area (Å²) in [5.74, 6) is -0.499. The average molecular weight is 330 g/mol. The minimum atomic E-state index is -0.958. The molecule has 0 radical (unpaired) electrons. The third kappa shape index (κ3) is 2.07. The molecule has 2 rings (SSSR count). The summed E-state index contributed by atoms with van der Waals surface area (Å²) < 4.78 is 6.59. The molecule has 3 nitrogen and oxygen atoms in total. The van der Waals surface area contributed by atoms with E-state index in [-0.39, 0.29) is 5.56 Å². The second kappa shape index (κ2) is 3.76. The number of aromatic carboxylic acids is 1. The van der Waals surface area contributed by atoms with Crippen molar-refractivity contribution in [3.8, 4) is 5.75 Å². The first-order chi connectivity index (χ1) is 7.39. The van der Waals surface area contributed by atoms with Gasteiger partial charge in [-0.1, -0.05) is 6.08 Å². The highest BCUT2D eigenvalue weighted by Crippen LogP contribution is 2.35. The van der Waals surface area contributed by atoms with Gasteiger partial charge in [-0.05, 0) is 54.6 Å². The number of carboxylic acids is 1. The van der Waals surface area contributed by atoms with Gasteiger partial charge in [0.05, 0.1) is 0 Å². The second-order valence-electron chi connectivity index (χ2n) is 4.22. The standard InChI is InChI=1S/C12H11IO3/c1-12(2)4-3-7-5-8(13)6-9(11(14)15)10(7)16-12/h3-6H,1-2H3,(H,14,15). The lowest BCUT2D eigenvalue weighted by atomic mass is 10.00. The lowest BCUT2D eigenvalue weighted by Gasteiger charge is -2.28. The minimum absolute atomic E-state index is 0.222. The molecule has 1 aromatic carbocycles. The van der Waals surface area contributed by atoms with Crippen LogP contribution >= 0.6 is 22.6 Å². The predicted octanol–water partition coefficient (Wildman–Crippen LogP) is 3.17. The van der Waals surface area contributed by atoms with Crippen molar-refractivity contribution in [2.24, 2.45) is 0 Å². The SMILES string of the molecule is CC1(C)C=Cc2cc(I)cc(C(=O)O)c2O1. The highest BCUT2D eigenvalue weighted by molar-refractivity contribution is 14.1. The fraction of sp³-hybridized carbons (Fsp3) is 0.250. The summed E-state index contributed by atoms with van der Waals surface area (Å²) >= 11 is 2.10. The van der Waals surface area contributed by atoms with Crippen LogP contribution in [0.4, 0.5) is 0 Å². The second-order valence-corrected chi connectivity index (χ2v) is 5.46. The molecule has 0 fully saturated rings. The summed E-state index contributed by atoms with van der Waals surface area (Å²) in [4.78, 5) is 11.1. The fourth-order valence-electron chi connectivity index (χ4n) is 1.60. The monoisotopic (exact) mass is 330 g/mol. The molecular formula is C12H11IO3. The van der Waals surface area contributed by atoms with Crippen molar-refractivity contribution in [1.29, 1.82) is 0 Å². The number of benzene rings is 1. The van der Waals surface area contributed by atoms with E-state index in [1.165, 1.54) is 0 Å². The Hall–Kier alpha value is -1.04. The van der Waals surface area contributed by atoms with Crippen LogP contribution in [0.15, 0.2) is 18.2 Å². The number of carbonyl (C=O) groups is 1. The molecule has 0 bridgehead atoms. The number of halogens is 1. The normalized spacial score (nSPS) is 16.4. The number of hydrogen-bond acceptors (Lipinski definition) is 2. The summed E-state index contributed by atoms with van der Waals surface area (Å²) in [5.41, 5.74) is 0.590. The molecule has 0 aliphatic carbocycles. The molecule has 0 saturated carbocycles. The number of hydrogen-bond donors (Lipinski definition) is 1. The summed E-state index contributed by atoms with van der Waals surface area (Å²) in [6.45, 7) is 3.80. The fourth-order valence-corrected chi connectivity index (χ4v) is 2.25. The van der Waals surface area contributed by atoms with Crippen LogP contribution in [0.2, 0.25) is 0 Å². The van der Waals surface area contributed by atoms with Crippen molar-refractivity contribution in [2.45, 2.75) is 19.4 Å². The molecule has 1 aliphatic rings. The Morgan fingerprint density at radius 3 is 2.75 bits per heavy atom. The Balaban J connectivity index is 2.63. The highest BCUT2D eigenvalue weighted by Gasteiger charge is 2.26. The average Bonchev–Trinajstić information content (AvgIpc) is 2.16. The molecule has 0 saturated heterocycles. The van der Waals surface area contributed by atoms with E-state index >= 15 is 0 Å². The molecule has 0 spiro atoms. The molecule has 84 valence electrons. The minimum Gasteiger partial charge on any atom is -0.482 e. The lowest BCUT2D eigenvalue weighted by molar-refractivity contribution is 0.0685. The van der Waals surface area contributed by atoms with E-state index in [4.69, 9.17) is 9.84 Å². The predicted molar refractivity (Wildman–Crippen MR) is 69.9 cm³/mol. The largest absolute Gasteiger partial charge is 0.482 e. The maximum absolute atomic E-state index is 11.1. The first-order valence-electron chi connectivity index (χ1n) is 4.84. The van der Waals surface area contributed by atoms with Gasteiger partial charge in [-0.25, -0.2) is 4.79 Å². The zero-order valence-electron chi connectivity index (χ0n) is 8.95. The zero-order chi connectivity index (χ0) is 11.9. The van der Waals surface area contributed by atoms with E-state index in [2.05, 4.69) is 22.6 Å². The molecule has 16 heavy (non-hydrogen) atoms. The van der Waals surface area contributed by atoms with Gasteiger partial charge in [-0.15, -0.1) is 0 Å². The van der Waals surface area contributed by atoms with Gasteiger partial charge in [0.1, 0.15) is 16.9 Å². The van der Waals surface area contributed by atoms with Gasteiger partial charge in [0.25, 0.3) is 0 Å². The highest BCUT2D eigenvalue weighted by atomic mass is 127. The third-order valence-corrected chi connectivity index (χ3v) is 2.97. The van der Waals surface area contributed by atoms with Gasteiger partial charge >= 0.3 is 5.97 Å². The van der Waals surface area contributed by atoms with Crippen LogP contribution in [0, 0.1) is 3.57 Å². The molecule has 0 unspecified atom stereocenters. The molecule has 0 atom stereocenters. The van der Waals surface area contributed by atoms with Crippen LogP contribution in [0.25, 0.3) is 6.08 Å². The van der Waals surface area contributed by atoms with Gasteiger partial charge in [-0.2, -0.15) is 0 Å². The molecule has 1 aromatic rings. The Labute approximate surface area is 107 Å². The van der Waals surface area contributed by atoms with Crippen molar-refractivity contribution < 1.29 is 14.6 Å². The first-order valence-corrected chi connectivity index (χ1v) is 5.92. The van der Waals surface area contributed by atoms with Crippen LogP contribution < -0.4 is 4.74 Å². The van der Waals surface area contributed by atoms with Gasteiger partial charge in [0, 0.05) is 9.13 Å². The molecule has 0 aromatic heterocycles. The maximum atomic E-state index is 11.1. The van der Waals surface area contributed by atoms with E-state index in [0.717, 1.165) is 9.13 Å². The van der Waals surface area contributed by atoms with Crippen molar-refractivity contribution in [3.63, 3.8) is 0 Å². The number of ether oxygens (including phenoxy) is 1. The van der Waals surface area contributed by atoms with E-state index in [1.54, 1.807) is 6.07 Å².